The van der Waals surface area contributed by atoms with E-state index in [9.17, 15) is 9.59 Å². The van der Waals surface area contributed by atoms with E-state index in [-0.39, 0.29) is 5.91 Å². The topological polar surface area (TPSA) is 91.6 Å². The molecule has 0 unspecified atom stereocenters. The predicted octanol–water partition coefficient (Wildman–Crippen LogP) is 2.90. The van der Waals surface area contributed by atoms with E-state index < -0.39 is 5.91 Å². The van der Waals surface area contributed by atoms with Crippen molar-refractivity contribution < 1.29 is 9.59 Å². The van der Waals surface area contributed by atoms with Gasteiger partial charge in [-0.05, 0) is 36.8 Å². The summed E-state index contributed by atoms with van der Waals surface area (Å²) in [6, 6.07) is 15.8. The van der Waals surface area contributed by atoms with Crippen LogP contribution in [-0.4, -0.2) is 54.4 Å². The highest BCUT2D eigenvalue weighted by molar-refractivity contribution is 7.15. The average Bonchev–Trinajstić information content (AvgIpc) is 3.20. The quantitative estimate of drug-likeness (QED) is 0.579. The Morgan fingerprint density at radius 2 is 1.84 bits per heavy atom. The van der Waals surface area contributed by atoms with Gasteiger partial charge in [0, 0.05) is 54.9 Å². The molecule has 0 spiro atoms. The van der Waals surface area contributed by atoms with Crippen LogP contribution >= 0.6 is 11.3 Å². The molecular weight excluding hydrogens is 422 g/mol. The van der Waals surface area contributed by atoms with Gasteiger partial charge >= 0.3 is 0 Å². The number of piperazine rings is 1. The second-order valence-electron chi connectivity index (χ2n) is 8.02. The number of anilines is 2. The number of nitrogens with one attached hydrogen (secondary N) is 1. The zero-order valence-corrected chi connectivity index (χ0v) is 18.9. The Morgan fingerprint density at radius 1 is 1.09 bits per heavy atom. The van der Waals surface area contributed by atoms with Gasteiger partial charge < -0.3 is 16.0 Å². The van der Waals surface area contributed by atoms with Gasteiger partial charge in [-0.25, -0.2) is 4.98 Å². The summed E-state index contributed by atoms with van der Waals surface area (Å²) in [5.74, 6) is -0.462. The van der Waals surface area contributed by atoms with Crippen LogP contribution in [0.15, 0.2) is 54.7 Å². The van der Waals surface area contributed by atoms with Crippen molar-refractivity contribution in [3.63, 3.8) is 0 Å². The second-order valence-corrected chi connectivity index (χ2v) is 9.14. The molecule has 0 aliphatic carbocycles. The third-order valence-corrected chi connectivity index (χ3v) is 6.43. The molecule has 1 aromatic heterocycles. The zero-order valence-electron chi connectivity index (χ0n) is 18.1. The van der Waals surface area contributed by atoms with Crippen molar-refractivity contribution >= 4 is 34.0 Å². The van der Waals surface area contributed by atoms with Crippen LogP contribution in [-0.2, 0) is 11.2 Å². The van der Waals surface area contributed by atoms with Crippen LogP contribution in [0.2, 0.25) is 0 Å². The van der Waals surface area contributed by atoms with E-state index in [0.717, 1.165) is 43.2 Å². The number of benzene rings is 2. The molecule has 8 heteroatoms. The molecule has 2 amide bonds. The Labute approximate surface area is 191 Å². The molecule has 7 nitrogen and oxygen atoms in total. The highest BCUT2D eigenvalue weighted by atomic mass is 32.1. The number of amides is 2. The number of aromatic nitrogens is 1. The number of carbonyl (C=O) groups is 2. The van der Waals surface area contributed by atoms with Gasteiger partial charge in [-0.15, -0.1) is 11.3 Å². The summed E-state index contributed by atoms with van der Waals surface area (Å²) in [5.41, 5.74) is 9.35. The van der Waals surface area contributed by atoms with Gasteiger partial charge in [-0.3, -0.25) is 14.5 Å². The van der Waals surface area contributed by atoms with Crippen LogP contribution in [0.3, 0.4) is 0 Å². The number of carbonyl (C=O) groups excluding carboxylic acids is 2. The van der Waals surface area contributed by atoms with Crippen LogP contribution < -0.4 is 16.0 Å². The first kappa shape index (κ1) is 22.0. The molecular formula is C24H27N5O2S. The molecule has 0 radical (unpaired) electrons. The van der Waals surface area contributed by atoms with E-state index in [4.69, 9.17) is 5.73 Å². The number of primary amides is 1. The van der Waals surface area contributed by atoms with Crippen molar-refractivity contribution in [1.82, 2.24) is 9.88 Å². The summed E-state index contributed by atoms with van der Waals surface area (Å²) in [6.07, 6.45) is 2.66. The van der Waals surface area contributed by atoms with Crippen molar-refractivity contribution in [3.8, 4) is 0 Å². The molecule has 32 heavy (non-hydrogen) atoms. The second kappa shape index (κ2) is 9.93. The summed E-state index contributed by atoms with van der Waals surface area (Å²) < 4.78 is 0. The maximum atomic E-state index is 12.5. The third-order valence-electron chi connectivity index (χ3n) is 5.52. The lowest BCUT2D eigenvalue weighted by Crippen LogP contribution is -2.48. The molecule has 1 aliphatic heterocycles. The summed E-state index contributed by atoms with van der Waals surface area (Å²) in [4.78, 5) is 33.6. The molecule has 166 valence electrons. The molecule has 1 fully saturated rings. The lowest BCUT2D eigenvalue weighted by atomic mass is 10.1. The van der Waals surface area contributed by atoms with E-state index in [2.05, 4.69) is 51.3 Å². The lowest BCUT2D eigenvalue weighted by Gasteiger charge is -2.35. The molecule has 3 aromatic rings. The van der Waals surface area contributed by atoms with Crippen LogP contribution in [0, 0.1) is 6.92 Å². The van der Waals surface area contributed by atoms with Crippen LogP contribution in [0.5, 0.6) is 0 Å². The first-order valence-corrected chi connectivity index (χ1v) is 11.5. The molecule has 2 heterocycles. The minimum atomic E-state index is -0.421. The van der Waals surface area contributed by atoms with E-state index in [1.165, 1.54) is 22.5 Å². The molecule has 3 N–H and O–H groups in total. The first-order valence-electron chi connectivity index (χ1n) is 10.6. The zero-order chi connectivity index (χ0) is 22.5. The molecule has 1 saturated heterocycles. The summed E-state index contributed by atoms with van der Waals surface area (Å²) >= 11 is 1.52. The number of aryl methyl sites for hydroxylation is 1. The summed E-state index contributed by atoms with van der Waals surface area (Å²) in [6.45, 7) is 5.66. The van der Waals surface area contributed by atoms with E-state index in [1.807, 2.05) is 18.3 Å². The van der Waals surface area contributed by atoms with Gasteiger partial charge in [0.25, 0.3) is 0 Å². The van der Waals surface area contributed by atoms with Gasteiger partial charge in [0.1, 0.15) is 0 Å². The molecule has 2 aromatic carbocycles. The van der Waals surface area contributed by atoms with Crippen molar-refractivity contribution in [3.05, 3.63) is 76.3 Å². The third kappa shape index (κ3) is 5.72. The van der Waals surface area contributed by atoms with E-state index in [0.29, 0.717) is 17.2 Å². The number of hydrogen-bond donors (Lipinski definition) is 2. The van der Waals surface area contributed by atoms with Gasteiger partial charge in [0.05, 0.1) is 6.54 Å². The first-order chi connectivity index (χ1) is 15.5. The monoisotopic (exact) mass is 449 g/mol. The number of thiazole rings is 1. The Morgan fingerprint density at radius 3 is 2.53 bits per heavy atom. The van der Waals surface area contributed by atoms with Crippen molar-refractivity contribution in [2.24, 2.45) is 5.73 Å². The van der Waals surface area contributed by atoms with Crippen molar-refractivity contribution in [1.29, 1.82) is 0 Å². The SMILES string of the molecule is Cc1cccc(Cc2cnc(NC(=O)CN3CCN(c4ccc(C(N)=O)cc4)CC3)s2)c1. The standard InChI is InChI=1S/C24H27N5O2S/c1-17-3-2-4-18(13-17)14-21-15-26-24(32-21)27-22(30)16-28-9-11-29(12-10-28)20-7-5-19(6-8-20)23(25)31/h2-8,13,15H,9-12,14,16H2,1H3,(H2,25,31)(H,26,27,30). The van der Waals surface area contributed by atoms with Gasteiger partial charge in [-0.2, -0.15) is 0 Å². The van der Waals surface area contributed by atoms with Gasteiger partial charge in [0.2, 0.25) is 11.8 Å². The van der Waals surface area contributed by atoms with Crippen LogP contribution in [0.4, 0.5) is 10.8 Å². The Bertz CT molecular complexity index is 1090. The molecule has 0 saturated carbocycles. The molecule has 0 atom stereocenters. The fraction of sp³-hybridized carbons (Fsp3) is 0.292. The average molecular weight is 450 g/mol. The Kier molecular flexibility index (Phi) is 6.82. The number of rotatable bonds is 7. The molecule has 1 aliphatic rings. The van der Waals surface area contributed by atoms with E-state index >= 15 is 0 Å². The Balaban J connectivity index is 1.24. The van der Waals surface area contributed by atoms with Gasteiger partial charge in [0.15, 0.2) is 5.13 Å². The number of hydrogen-bond acceptors (Lipinski definition) is 6. The fourth-order valence-corrected chi connectivity index (χ4v) is 4.70. The summed E-state index contributed by atoms with van der Waals surface area (Å²) in [5, 5.41) is 3.58. The summed E-state index contributed by atoms with van der Waals surface area (Å²) in [7, 11) is 0. The predicted molar refractivity (Wildman–Crippen MR) is 128 cm³/mol. The fourth-order valence-electron chi connectivity index (χ4n) is 3.83. The largest absolute Gasteiger partial charge is 0.369 e. The smallest absolute Gasteiger partial charge is 0.248 e. The normalized spacial score (nSPS) is 14.3. The van der Waals surface area contributed by atoms with E-state index in [1.54, 1.807) is 12.1 Å². The van der Waals surface area contributed by atoms with Gasteiger partial charge in [-0.1, -0.05) is 29.8 Å². The Hall–Kier alpha value is -3.23. The van der Waals surface area contributed by atoms with Crippen LogP contribution in [0.1, 0.15) is 26.4 Å². The highest BCUT2D eigenvalue weighted by Gasteiger charge is 2.20. The minimum Gasteiger partial charge on any atom is -0.369 e. The highest BCUT2D eigenvalue weighted by Crippen LogP contribution is 2.22. The maximum absolute atomic E-state index is 12.5. The molecule has 0 bridgehead atoms. The number of nitrogens with two attached hydrogens (primary N) is 1. The van der Waals surface area contributed by atoms with Crippen molar-refractivity contribution in [2.45, 2.75) is 13.3 Å². The molecule has 4 rings (SSSR count). The maximum Gasteiger partial charge on any atom is 0.248 e. The minimum absolute atomic E-state index is 0.0410. The van der Waals surface area contributed by atoms with Crippen molar-refractivity contribution in [2.75, 3.05) is 42.9 Å². The lowest BCUT2D eigenvalue weighted by molar-refractivity contribution is -0.117. The van der Waals surface area contributed by atoms with Crippen LogP contribution in [0.25, 0.3) is 0 Å². The number of nitrogens with zero attached hydrogens (tertiary/aromatic N) is 3.